The molecule has 0 aliphatic rings. The van der Waals surface area contributed by atoms with Crippen LogP contribution >= 0.6 is 11.8 Å². The Morgan fingerprint density at radius 3 is 2.71 bits per heavy atom. The van der Waals surface area contributed by atoms with Gasteiger partial charge in [-0.05, 0) is 20.4 Å². The van der Waals surface area contributed by atoms with Crippen molar-refractivity contribution in [3.63, 3.8) is 0 Å². The first kappa shape index (κ1) is 13.8. The van der Waals surface area contributed by atoms with E-state index in [2.05, 4.69) is 18.3 Å². The summed E-state index contributed by atoms with van der Waals surface area (Å²) in [6.45, 7) is 4.85. The number of thioether (sulfide) groups is 1. The van der Waals surface area contributed by atoms with Gasteiger partial charge in [-0.1, -0.05) is 6.92 Å². The molecule has 0 aliphatic heterocycles. The Balaban J connectivity index is 3.81. The van der Waals surface area contributed by atoms with Gasteiger partial charge in [-0.15, -0.1) is 0 Å². The Kier molecular flexibility index (Phi) is 6.98. The molecule has 4 heteroatoms. The molecule has 0 spiro atoms. The zero-order valence-electron chi connectivity index (χ0n) is 9.46. The van der Waals surface area contributed by atoms with Crippen molar-refractivity contribution >= 4 is 11.8 Å². The van der Waals surface area contributed by atoms with Gasteiger partial charge in [0.15, 0.2) is 0 Å². The van der Waals surface area contributed by atoms with Gasteiger partial charge in [-0.3, -0.25) is 0 Å². The van der Waals surface area contributed by atoms with E-state index in [-0.39, 0.29) is 0 Å². The van der Waals surface area contributed by atoms with Crippen LogP contribution in [0.5, 0.6) is 0 Å². The van der Waals surface area contributed by atoms with E-state index in [0.29, 0.717) is 5.25 Å². The first-order chi connectivity index (χ1) is 6.58. The van der Waals surface area contributed by atoms with Crippen LogP contribution in [0.1, 0.15) is 20.3 Å². The molecule has 0 rings (SSSR count). The third-order valence-electron chi connectivity index (χ3n) is 2.18. The van der Waals surface area contributed by atoms with Crippen LogP contribution in [-0.2, 0) is 4.74 Å². The van der Waals surface area contributed by atoms with Gasteiger partial charge in [0.2, 0.25) is 0 Å². The average Bonchev–Trinajstić information content (AvgIpc) is 2.18. The molecule has 82 valence electrons. The van der Waals surface area contributed by atoms with E-state index in [1.165, 1.54) is 0 Å². The quantitative estimate of drug-likeness (QED) is 0.657. The molecular weight excluding hydrogens is 196 g/mol. The molecule has 0 heterocycles. The van der Waals surface area contributed by atoms with Gasteiger partial charge >= 0.3 is 0 Å². The summed E-state index contributed by atoms with van der Waals surface area (Å²) in [5, 5.41) is 12.5. The van der Waals surface area contributed by atoms with E-state index in [9.17, 15) is 0 Å². The summed E-state index contributed by atoms with van der Waals surface area (Å²) >= 11 is 1.84. The number of nitriles is 1. The zero-order chi connectivity index (χ0) is 11.0. The molecule has 1 N–H and O–H groups in total. The van der Waals surface area contributed by atoms with Crippen LogP contribution in [0.3, 0.4) is 0 Å². The Morgan fingerprint density at radius 2 is 2.29 bits per heavy atom. The number of hydrogen-bond donors (Lipinski definition) is 1. The molecule has 2 unspecified atom stereocenters. The summed E-state index contributed by atoms with van der Waals surface area (Å²) < 4.78 is 4.97. The summed E-state index contributed by atoms with van der Waals surface area (Å²) in [5.74, 6) is 0.989. The molecule has 0 aliphatic carbocycles. The van der Waals surface area contributed by atoms with Gasteiger partial charge in [-0.2, -0.15) is 17.0 Å². The van der Waals surface area contributed by atoms with Crippen molar-refractivity contribution in [1.82, 2.24) is 5.32 Å². The lowest BCUT2D eigenvalue weighted by atomic mass is 9.98. The maximum atomic E-state index is 8.96. The molecule has 0 fully saturated rings. The number of methoxy groups -OCH3 is 1. The van der Waals surface area contributed by atoms with Crippen molar-refractivity contribution in [2.24, 2.45) is 0 Å². The van der Waals surface area contributed by atoms with Crippen LogP contribution in [-0.4, -0.2) is 37.3 Å². The SMILES string of the molecule is CNC(C)(C#N)CC(C)SCCOC. The summed E-state index contributed by atoms with van der Waals surface area (Å²) in [5.41, 5.74) is -0.403. The lowest BCUT2D eigenvalue weighted by Crippen LogP contribution is -2.40. The molecule has 2 atom stereocenters. The van der Waals surface area contributed by atoms with Gasteiger partial charge < -0.3 is 10.1 Å². The highest BCUT2D eigenvalue weighted by atomic mass is 32.2. The van der Waals surface area contributed by atoms with Crippen LogP contribution in [0.15, 0.2) is 0 Å². The predicted octanol–water partition coefficient (Wildman–Crippen LogP) is 1.65. The fourth-order valence-corrected chi connectivity index (χ4v) is 2.29. The van der Waals surface area contributed by atoms with E-state index < -0.39 is 5.54 Å². The van der Waals surface area contributed by atoms with Crippen molar-refractivity contribution < 1.29 is 4.74 Å². The minimum Gasteiger partial charge on any atom is -0.384 e. The monoisotopic (exact) mass is 216 g/mol. The summed E-state index contributed by atoms with van der Waals surface area (Å²) in [6.07, 6.45) is 0.856. The summed E-state index contributed by atoms with van der Waals surface area (Å²) in [4.78, 5) is 0. The Bertz CT molecular complexity index is 193. The van der Waals surface area contributed by atoms with E-state index in [1.807, 2.05) is 25.7 Å². The Morgan fingerprint density at radius 1 is 1.64 bits per heavy atom. The van der Waals surface area contributed by atoms with Crippen molar-refractivity contribution in [3.8, 4) is 6.07 Å². The van der Waals surface area contributed by atoms with Gasteiger partial charge in [0.05, 0.1) is 12.7 Å². The van der Waals surface area contributed by atoms with Crippen LogP contribution in [0.2, 0.25) is 0 Å². The topological polar surface area (TPSA) is 45.0 Å². The highest BCUT2D eigenvalue weighted by molar-refractivity contribution is 7.99. The molecule has 0 aromatic heterocycles. The van der Waals surface area contributed by atoms with Crippen molar-refractivity contribution in [3.05, 3.63) is 0 Å². The van der Waals surface area contributed by atoms with Gasteiger partial charge in [0, 0.05) is 18.1 Å². The minimum atomic E-state index is -0.403. The van der Waals surface area contributed by atoms with Gasteiger partial charge in [-0.25, -0.2) is 0 Å². The lowest BCUT2D eigenvalue weighted by Gasteiger charge is -2.24. The maximum absolute atomic E-state index is 8.96. The molecule has 0 aromatic rings. The molecule has 3 nitrogen and oxygen atoms in total. The van der Waals surface area contributed by atoms with Crippen LogP contribution in [0.4, 0.5) is 0 Å². The zero-order valence-corrected chi connectivity index (χ0v) is 10.3. The number of nitrogens with zero attached hydrogens (tertiary/aromatic N) is 1. The summed E-state index contributed by atoms with van der Waals surface area (Å²) in [6, 6.07) is 2.29. The second-order valence-electron chi connectivity index (χ2n) is 3.57. The van der Waals surface area contributed by atoms with Crippen molar-refractivity contribution in [1.29, 1.82) is 5.26 Å². The highest BCUT2D eigenvalue weighted by Gasteiger charge is 2.23. The van der Waals surface area contributed by atoms with Gasteiger partial charge in [0.1, 0.15) is 5.54 Å². The van der Waals surface area contributed by atoms with E-state index in [4.69, 9.17) is 10.00 Å². The second kappa shape index (κ2) is 7.10. The van der Waals surface area contributed by atoms with Crippen LogP contribution < -0.4 is 5.32 Å². The molecular formula is C10H20N2OS. The minimum absolute atomic E-state index is 0.403. The maximum Gasteiger partial charge on any atom is 0.104 e. The number of nitrogens with one attached hydrogen (secondary N) is 1. The van der Waals surface area contributed by atoms with Crippen molar-refractivity contribution in [2.75, 3.05) is 26.5 Å². The Hall–Kier alpha value is -0.240. The standard InChI is InChI=1S/C10H20N2OS/c1-9(14-6-5-13-4)7-10(2,8-11)12-3/h9,12H,5-7H2,1-4H3. The van der Waals surface area contributed by atoms with Gasteiger partial charge in [0.25, 0.3) is 0 Å². The molecule has 0 saturated carbocycles. The predicted molar refractivity (Wildman–Crippen MR) is 61.5 cm³/mol. The fourth-order valence-electron chi connectivity index (χ4n) is 1.17. The molecule has 0 radical (unpaired) electrons. The fraction of sp³-hybridized carbons (Fsp3) is 0.900. The lowest BCUT2D eigenvalue weighted by molar-refractivity contribution is 0.218. The third kappa shape index (κ3) is 5.48. The number of hydrogen-bond acceptors (Lipinski definition) is 4. The summed E-state index contributed by atoms with van der Waals surface area (Å²) in [7, 11) is 3.54. The number of ether oxygens (including phenoxy) is 1. The first-order valence-electron chi connectivity index (χ1n) is 4.78. The van der Waals surface area contributed by atoms with Crippen LogP contribution in [0, 0.1) is 11.3 Å². The van der Waals surface area contributed by atoms with E-state index >= 15 is 0 Å². The molecule has 0 aromatic carbocycles. The highest BCUT2D eigenvalue weighted by Crippen LogP contribution is 2.20. The van der Waals surface area contributed by atoms with E-state index in [1.54, 1.807) is 7.11 Å². The Labute approximate surface area is 91.2 Å². The first-order valence-corrected chi connectivity index (χ1v) is 5.83. The molecule has 0 bridgehead atoms. The molecule has 14 heavy (non-hydrogen) atoms. The second-order valence-corrected chi connectivity index (χ2v) is 5.12. The average molecular weight is 216 g/mol. The van der Waals surface area contributed by atoms with Crippen LogP contribution in [0.25, 0.3) is 0 Å². The van der Waals surface area contributed by atoms with Crippen molar-refractivity contribution in [2.45, 2.75) is 31.1 Å². The third-order valence-corrected chi connectivity index (χ3v) is 3.32. The largest absolute Gasteiger partial charge is 0.384 e. The normalized spacial score (nSPS) is 17.1. The van der Waals surface area contributed by atoms with E-state index in [0.717, 1.165) is 18.8 Å². The molecule has 0 amide bonds. The smallest absolute Gasteiger partial charge is 0.104 e. The number of rotatable bonds is 7. The molecule has 0 saturated heterocycles.